The van der Waals surface area contributed by atoms with E-state index in [1.165, 1.54) is 7.11 Å². The number of carbonyl (C=O) groups excluding carboxylic acids is 2. The average Bonchev–Trinajstić information content (AvgIpc) is 2.53. The van der Waals surface area contributed by atoms with Gasteiger partial charge >= 0.3 is 5.97 Å². The fourth-order valence-electron chi connectivity index (χ4n) is 2.61. The molecule has 2 rings (SSSR count). The van der Waals surface area contributed by atoms with Gasteiger partial charge in [-0.25, -0.2) is 0 Å². The number of hydrogen-bond acceptors (Lipinski definition) is 4. The lowest BCUT2D eigenvalue weighted by Gasteiger charge is -2.31. The van der Waals surface area contributed by atoms with Crippen molar-refractivity contribution in [2.45, 2.75) is 12.8 Å². The molecule has 0 bridgehead atoms. The summed E-state index contributed by atoms with van der Waals surface area (Å²) in [5.74, 6) is -0.446. The SMILES string of the molecule is COC(=O)C1CCCN(C(=O)c2ccc(N(C)C)cc2)C1. The van der Waals surface area contributed by atoms with Crippen molar-refractivity contribution >= 4 is 17.6 Å². The van der Waals surface area contributed by atoms with Crippen molar-refractivity contribution in [2.24, 2.45) is 5.92 Å². The minimum atomic E-state index is -0.226. The lowest BCUT2D eigenvalue weighted by molar-refractivity contribution is -0.146. The van der Waals surface area contributed by atoms with Gasteiger partial charge in [0.05, 0.1) is 13.0 Å². The number of piperidine rings is 1. The number of anilines is 1. The van der Waals surface area contributed by atoms with Crippen LogP contribution in [0.4, 0.5) is 5.69 Å². The number of esters is 1. The molecule has 5 nitrogen and oxygen atoms in total. The largest absolute Gasteiger partial charge is 0.469 e. The minimum Gasteiger partial charge on any atom is -0.469 e. The first-order valence-electron chi connectivity index (χ1n) is 7.17. The van der Waals surface area contributed by atoms with Gasteiger partial charge in [-0.1, -0.05) is 0 Å². The van der Waals surface area contributed by atoms with Gasteiger partial charge in [0.15, 0.2) is 0 Å². The first kappa shape index (κ1) is 15.4. The molecule has 0 spiro atoms. The van der Waals surface area contributed by atoms with Gasteiger partial charge in [-0.15, -0.1) is 0 Å². The molecular formula is C16H22N2O3. The highest BCUT2D eigenvalue weighted by atomic mass is 16.5. The lowest BCUT2D eigenvalue weighted by Crippen LogP contribution is -2.42. The number of nitrogens with zero attached hydrogens (tertiary/aromatic N) is 2. The molecule has 21 heavy (non-hydrogen) atoms. The Bertz CT molecular complexity index is 511. The number of ether oxygens (including phenoxy) is 1. The molecule has 0 aliphatic carbocycles. The molecule has 1 aromatic carbocycles. The molecule has 0 radical (unpaired) electrons. The van der Waals surface area contributed by atoms with E-state index in [-0.39, 0.29) is 17.8 Å². The minimum absolute atomic E-state index is 0.0195. The third kappa shape index (κ3) is 3.54. The number of rotatable bonds is 3. The summed E-state index contributed by atoms with van der Waals surface area (Å²) in [5.41, 5.74) is 1.71. The number of carbonyl (C=O) groups is 2. The Labute approximate surface area is 125 Å². The Balaban J connectivity index is 2.06. The Morgan fingerprint density at radius 1 is 1.24 bits per heavy atom. The van der Waals surface area contributed by atoms with E-state index >= 15 is 0 Å². The molecule has 5 heteroatoms. The Hall–Kier alpha value is -2.04. The zero-order valence-electron chi connectivity index (χ0n) is 12.8. The zero-order valence-corrected chi connectivity index (χ0v) is 12.8. The quantitative estimate of drug-likeness (QED) is 0.796. The van der Waals surface area contributed by atoms with E-state index in [2.05, 4.69) is 0 Å². The maximum absolute atomic E-state index is 12.5. The Morgan fingerprint density at radius 2 is 1.90 bits per heavy atom. The number of likely N-dealkylation sites (tertiary alicyclic amines) is 1. The van der Waals surface area contributed by atoms with Crippen molar-refractivity contribution in [1.82, 2.24) is 4.90 Å². The van der Waals surface area contributed by atoms with Gasteiger partial charge in [0.1, 0.15) is 0 Å². The monoisotopic (exact) mass is 290 g/mol. The van der Waals surface area contributed by atoms with Gasteiger partial charge < -0.3 is 14.5 Å². The fraction of sp³-hybridized carbons (Fsp3) is 0.500. The average molecular weight is 290 g/mol. The van der Waals surface area contributed by atoms with Crippen LogP contribution in [0, 0.1) is 5.92 Å². The van der Waals surface area contributed by atoms with Crippen LogP contribution in [0.5, 0.6) is 0 Å². The van der Waals surface area contributed by atoms with Gasteiger partial charge in [0.25, 0.3) is 5.91 Å². The lowest BCUT2D eigenvalue weighted by atomic mass is 9.97. The van der Waals surface area contributed by atoms with Gasteiger partial charge in [-0.3, -0.25) is 9.59 Å². The van der Waals surface area contributed by atoms with E-state index in [0.717, 1.165) is 18.5 Å². The summed E-state index contributed by atoms with van der Waals surface area (Å²) in [7, 11) is 5.31. The second-order valence-electron chi connectivity index (χ2n) is 5.55. The number of hydrogen-bond donors (Lipinski definition) is 0. The molecule has 1 amide bonds. The van der Waals surface area contributed by atoms with Crippen molar-refractivity contribution in [3.63, 3.8) is 0 Å². The number of amides is 1. The molecule has 1 aromatic rings. The van der Waals surface area contributed by atoms with Gasteiger partial charge in [0.2, 0.25) is 0 Å². The third-order valence-electron chi connectivity index (χ3n) is 3.87. The molecule has 0 aromatic heterocycles. The van der Waals surface area contributed by atoms with Crippen LogP contribution in [0.15, 0.2) is 24.3 Å². The van der Waals surface area contributed by atoms with Crippen LogP contribution in [-0.2, 0) is 9.53 Å². The predicted molar refractivity (Wildman–Crippen MR) is 81.4 cm³/mol. The predicted octanol–water partition coefficient (Wildman–Crippen LogP) is 1.78. The maximum Gasteiger partial charge on any atom is 0.310 e. The van der Waals surface area contributed by atoms with Crippen LogP contribution in [0.2, 0.25) is 0 Å². The maximum atomic E-state index is 12.5. The summed E-state index contributed by atoms with van der Waals surface area (Å²) in [6, 6.07) is 7.52. The standard InChI is InChI=1S/C16H22N2O3/c1-17(2)14-8-6-12(7-9-14)15(19)18-10-4-5-13(11-18)16(20)21-3/h6-9,13H,4-5,10-11H2,1-3H3. The second kappa shape index (κ2) is 6.61. The summed E-state index contributed by atoms with van der Waals surface area (Å²) in [6.45, 7) is 1.14. The molecule has 1 saturated heterocycles. The van der Waals surface area contributed by atoms with Crippen molar-refractivity contribution in [2.75, 3.05) is 39.2 Å². The topological polar surface area (TPSA) is 49.9 Å². The van der Waals surface area contributed by atoms with Crippen LogP contribution in [0.3, 0.4) is 0 Å². The first-order chi connectivity index (χ1) is 10.0. The highest BCUT2D eigenvalue weighted by Crippen LogP contribution is 2.20. The van der Waals surface area contributed by atoms with Crippen molar-refractivity contribution in [3.8, 4) is 0 Å². The molecule has 0 N–H and O–H groups in total. The van der Waals surface area contributed by atoms with Crippen LogP contribution >= 0.6 is 0 Å². The molecule has 1 unspecified atom stereocenters. The molecule has 1 aliphatic rings. The highest BCUT2D eigenvalue weighted by Gasteiger charge is 2.29. The molecule has 1 atom stereocenters. The molecular weight excluding hydrogens is 268 g/mol. The third-order valence-corrected chi connectivity index (χ3v) is 3.87. The van der Waals surface area contributed by atoms with E-state index in [1.807, 2.05) is 43.3 Å². The summed E-state index contributed by atoms with van der Waals surface area (Å²) < 4.78 is 4.78. The van der Waals surface area contributed by atoms with Gasteiger partial charge in [-0.05, 0) is 37.1 Å². The van der Waals surface area contributed by atoms with E-state index in [4.69, 9.17) is 4.74 Å². The van der Waals surface area contributed by atoms with E-state index in [1.54, 1.807) is 4.90 Å². The summed E-state index contributed by atoms with van der Waals surface area (Å²) >= 11 is 0. The summed E-state index contributed by atoms with van der Waals surface area (Å²) in [4.78, 5) is 27.9. The van der Waals surface area contributed by atoms with Crippen molar-refractivity contribution < 1.29 is 14.3 Å². The smallest absolute Gasteiger partial charge is 0.310 e. The molecule has 1 heterocycles. The normalized spacial score (nSPS) is 18.2. The van der Waals surface area contributed by atoms with E-state index in [0.29, 0.717) is 18.7 Å². The molecule has 114 valence electrons. The Kier molecular flexibility index (Phi) is 4.83. The number of methoxy groups -OCH3 is 1. The summed E-state index contributed by atoms with van der Waals surface area (Å²) in [5, 5.41) is 0. The van der Waals surface area contributed by atoms with Gasteiger partial charge in [-0.2, -0.15) is 0 Å². The molecule has 1 aliphatic heterocycles. The van der Waals surface area contributed by atoms with Gasteiger partial charge in [0, 0.05) is 38.4 Å². The number of benzene rings is 1. The highest BCUT2D eigenvalue weighted by molar-refractivity contribution is 5.95. The van der Waals surface area contributed by atoms with E-state index in [9.17, 15) is 9.59 Å². The summed E-state index contributed by atoms with van der Waals surface area (Å²) in [6.07, 6.45) is 1.62. The van der Waals surface area contributed by atoms with Crippen LogP contribution < -0.4 is 4.90 Å². The Morgan fingerprint density at radius 3 is 2.48 bits per heavy atom. The van der Waals surface area contributed by atoms with Crippen LogP contribution in [0.25, 0.3) is 0 Å². The first-order valence-corrected chi connectivity index (χ1v) is 7.17. The van der Waals surface area contributed by atoms with E-state index < -0.39 is 0 Å². The van der Waals surface area contributed by atoms with Crippen molar-refractivity contribution in [1.29, 1.82) is 0 Å². The molecule has 1 fully saturated rings. The second-order valence-corrected chi connectivity index (χ2v) is 5.55. The van der Waals surface area contributed by atoms with Crippen LogP contribution in [-0.4, -0.2) is 51.1 Å². The molecule has 0 saturated carbocycles. The fourth-order valence-corrected chi connectivity index (χ4v) is 2.61. The van der Waals surface area contributed by atoms with Crippen LogP contribution in [0.1, 0.15) is 23.2 Å². The zero-order chi connectivity index (χ0) is 15.4. The van der Waals surface area contributed by atoms with Crippen molar-refractivity contribution in [3.05, 3.63) is 29.8 Å².